The highest BCUT2D eigenvalue weighted by Gasteiger charge is 2.15. The quantitative estimate of drug-likeness (QED) is 0.768. The van der Waals surface area contributed by atoms with Gasteiger partial charge < -0.3 is 15.1 Å². The summed E-state index contributed by atoms with van der Waals surface area (Å²) >= 11 is 1.41. The molecule has 26 heavy (non-hydrogen) atoms. The molecule has 0 radical (unpaired) electrons. The molecular formula is C20H27N3O2S. The van der Waals surface area contributed by atoms with Crippen LogP contribution < -0.4 is 15.1 Å². The van der Waals surface area contributed by atoms with Gasteiger partial charge >= 0.3 is 0 Å². The van der Waals surface area contributed by atoms with Crippen molar-refractivity contribution in [1.82, 2.24) is 5.32 Å². The van der Waals surface area contributed by atoms with Crippen LogP contribution in [0.3, 0.4) is 0 Å². The molecule has 6 heteroatoms. The third-order valence-corrected chi connectivity index (χ3v) is 5.21. The zero-order valence-corrected chi connectivity index (χ0v) is 16.7. The molecule has 2 rings (SSSR count). The number of benzene rings is 1. The second-order valence-electron chi connectivity index (χ2n) is 6.05. The van der Waals surface area contributed by atoms with Crippen molar-refractivity contribution < 1.29 is 9.59 Å². The highest BCUT2D eigenvalue weighted by molar-refractivity contribution is 7.12. The molecule has 0 bridgehead atoms. The van der Waals surface area contributed by atoms with Crippen LogP contribution in [-0.2, 0) is 4.79 Å². The number of thiophene rings is 1. The predicted molar refractivity (Wildman–Crippen MR) is 109 cm³/mol. The van der Waals surface area contributed by atoms with E-state index in [4.69, 9.17) is 0 Å². The molecule has 0 atom stereocenters. The fourth-order valence-electron chi connectivity index (χ4n) is 2.95. The minimum Gasteiger partial charge on any atom is -0.372 e. The third kappa shape index (κ3) is 4.85. The molecule has 2 amide bonds. The standard InChI is InChI=1S/C20H27N3O2S/c1-5-22(6-2)17-9-10-18(15(3)14-17)23(16(4)24)12-11-21-20(25)19-8-7-13-26-19/h7-10,13-14H,5-6,11-12H2,1-4H3,(H,21,25). The predicted octanol–water partition coefficient (Wildman–Crippen LogP) is 3.69. The molecule has 0 saturated carbocycles. The number of amides is 2. The molecule has 2 aromatic rings. The fourth-order valence-corrected chi connectivity index (χ4v) is 3.59. The lowest BCUT2D eigenvalue weighted by Crippen LogP contribution is -2.37. The SMILES string of the molecule is CCN(CC)c1ccc(N(CCNC(=O)c2cccs2)C(C)=O)c(C)c1. The monoisotopic (exact) mass is 373 g/mol. The number of nitrogens with one attached hydrogen (secondary N) is 1. The number of aryl methyl sites for hydroxylation is 1. The Hall–Kier alpha value is -2.34. The Labute approximate surface area is 159 Å². The van der Waals surface area contributed by atoms with Gasteiger partial charge in [0.25, 0.3) is 5.91 Å². The Morgan fingerprint density at radius 3 is 2.42 bits per heavy atom. The average molecular weight is 374 g/mol. The number of anilines is 2. The first kappa shape index (κ1) is 20.0. The molecular weight excluding hydrogens is 346 g/mol. The smallest absolute Gasteiger partial charge is 0.261 e. The molecule has 0 aliphatic rings. The Balaban J connectivity index is 2.07. The summed E-state index contributed by atoms with van der Waals surface area (Å²) in [5.41, 5.74) is 3.10. The van der Waals surface area contributed by atoms with Crippen molar-refractivity contribution in [3.8, 4) is 0 Å². The minimum atomic E-state index is -0.0999. The molecule has 1 N–H and O–H groups in total. The molecule has 0 unspecified atom stereocenters. The largest absolute Gasteiger partial charge is 0.372 e. The number of nitrogens with zero attached hydrogens (tertiary/aromatic N) is 2. The summed E-state index contributed by atoms with van der Waals surface area (Å²) < 4.78 is 0. The van der Waals surface area contributed by atoms with Crippen LogP contribution in [-0.4, -0.2) is 38.0 Å². The van der Waals surface area contributed by atoms with Crippen LogP contribution in [0, 0.1) is 6.92 Å². The lowest BCUT2D eigenvalue weighted by atomic mass is 10.1. The van der Waals surface area contributed by atoms with Gasteiger partial charge in [-0.25, -0.2) is 0 Å². The first-order valence-electron chi connectivity index (χ1n) is 8.93. The van der Waals surface area contributed by atoms with Gasteiger partial charge in [-0.1, -0.05) is 6.07 Å². The summed E-state index contributed by atoms with van der Waals surface area (Å²) in [6.07, 6.45) is 0. The maximum absolute atomic E-state index is 12.1. The molecule has 0 fully saturated rings. The van der Waals surface area contributed by atoms with E-state index in [1.54, 1.807) is 17.9 Å². The van der Waals surface area contributed by atoms with Gasteiger partial charge in [-0.2, -0.15) is 0 Å². The number of carbonyl (C=O) groups excluding carboxylic acids is 2. The van der Waals surface area contributed by atoms with Crippen molar-refractivity contribution in [2.45, 2.75) is 27.7 Å². The number of hydrogen-bond donors (Lipinski definition) is 1. The summed E-state index contributed by atoms with van der Waals surface area (Å²) in [5.74, 6) is -0.133. The second kappa shape index (κ2) is 9.38. The van der Waals surface area contributed by atoms with Crippen LogP contribution in [0.5, 0.6) is 0 Å². The number of hydrogen-bond acceptors (Lipinski definition) is 4. The van der Waals surface area contributed by atoms with Crippen molar-refractivity contribution in [2.75, 3.05) is 36.0 Å². The van der Waals surface area contributed by atoms with E-state index in [0.29, 0.717) is 18.0 Å². The van der Waals surface area contributed by atoms with Crippen LogP contribution in [0.1, 0.15) is 36.0 Å². The van der Waals surface area contributed by atoms with Crippen LogP contribution in [0.15, 0.2) is 35.7 Å². The van der Waals surface area contributed by atoms with Crippen LogP contribution in [0.2, 0.25) is 0 Å². The number of carbonyl (C=O) groups is 2. The fraction of sp³-hybridized carbons (Fsp3) is 0.400. The van der Waals surface area contributed by atoms with E-state index in [2.05, 4.69) is 36.2 Å². The third-order valence-electron chi connectivity index (χ3n) is 4.35. The van der Waals surface area contributed by atoms with E-state index in [-0.39, 0.29) is 11.8 Å². The Morgan fingerprint density at radius 1 is 1.15 bits per heavy atom. The molecule has 0 saturated heterocycles. The Kier molecular flexibility index (Phi) is 7.21. The molecule has 140 valence electrons. The van der Waals surface area contributed by atoms with Gasteiger partial charge in [0.15, 0.2) is 0 Å². The highest BCUT2D eigenvalue weighted by Crippen LogP contribution is 2.26. The van der Waals surface area contributed by atoms with E-state index in [1.807, 2.05) is 24.4 Å². The molecule has 1 aromatic heterocycles. The van der Waals surface area contributed by atoms with Crippen molar-refractivity contribution >= 4 is 34.5 Å². The summed E-state index contributed by atoms with van der Waals surface area (Å²) in [6, 6.07) is 9.80. The van der Waals surface area contributed by atoms with Gasteiger partial charge in [0, 0.05) is 44.5 Å². The normalized spacial score (nSPS) is 10.5. The number of rotatable bonds is 8. The zero-order valence-electron chi connectivity index (χ0n) is 15.9. The van der Waals surface area contributed by atoms with Crippen molar-refractivity contribution in [2.24, 2.45) is 0 Å². The zero-order chi connectivity index (χ0) is 19.1. The second-order valence-corrected chi connectivity index (χ2v) is 6.99. The van der Waals surface area contributed by atoms with E-state index in [9.17, 15) is 9.59 Å². The average Bonchev–Trinajstić information content (AvgIpc) is 3.15. The van der Waals surface area contributed by atoms with Crippen LogP contribution in [0.25, 0.3) is 0 Å². The molecule has 0 aliphatic heterocycles. The van der Waals surface area contributed by atoms with E-state index in [0.717, 1.165) is 30.0 Å². The first-order chi connectivity index (χ1) is 12.5. The van der Waals surface area contributed by atoms with Crippen LogP contribution in [0.4, 0.5) is 11.4 Å². The lowest BCUT2D eigenvalue weighted by Gasteiger charge is -2.26. The Bertz CT molecular complexity index is 740. The van der Waals surface area contributed by atoms with Gasteiger partial charge in [-0.3, -0.25) is 9.59 Å². The molecule has 0 spiro atoms. The molecule has 1 heterocycles. The molecule has 1 aromatic carbocycles. The maximum Gasteiger partial charge on any atom is 0.261 e. The summed E-state index contributed by atoms with van der Waals surface area (Å²) in [5, 5.41) is 4.75. The van der Waals surface area contributed by atoms with E-state index < -0.39 is 0 Å². The van der Waals surface area contributed by atoms with Crippen LogP contribution >= 0.6 is 11.3 Å². The summed E-state index contributed by atoms with van der Waals surface area (Å²) in [7, 11) is 0. The minimum absolute atomic E-state index is 0.0333. The highest BCUT2D eigenvalue weighted by atomic mass is 32.1. The van der Waals surface area contributed by atoms with Gasteiger partial charge in [0.1, 0.15) is 0 Å². The first-order valence-corrected chi connectivity index (χ1v) is 9.81. The summed E-state index contributed by atoms with van der Waals surface area (Å²) in [6.45, 7) is 10.6. The van der Waals surface area contributed by atoms with Gasteiger partial charge in [0.2, 0.25) is 5.91 Å². The van der Waals surface area contributed by atoms with E-state index in [1.165, 1.54) is 11.3 Å². The van der Waals surface area contributed by atoms with E-state index >= 15 is 0 Å². The maximum atomic E-state index is 12.1. The lowest BCUT2D eigenvalue weighted by molar-refractivity contribution is -0.116. The molecule has 0 aliphatic carbocycles. The van der Waals surface area contributed by atoms with Crippen molar-refractivity contribution in [3.05, 3.63) is 46.2 Å². The van der Waals surface area contributed by atoms with Gasteiger partial charge in [0.05, 0.1) is 4.88 Å². The topological polar surface area (TPSA) is 52.6 Å². The molecule has 5 nitrogen and oxygen atoms in total. The van der Waals surface area contributed by atoms with Gasteiger partial charge in [-0.15, -0.1) is 11.3 Å². The Morgan fingerprint density at radius 2 is 1.88 bits per heavy atom. The van der Waals surface area contributed by atoms with Crippen molar-refractivity contribution in [1.29, 1.82) is 0 Å². The summed E-state index contributed by atoms with van der Waals surface area (Å²) in [4.78, 5) is 28.8. The van der Waals surface area contributed by atoms with Gasteiger partial charge in [-0.05, 0) is 56.0 Å². The van der Waals surface area contributed by atoms with Crippen molar-refractivity contribution in [3.63, 3.8) is 0 Å².